The number of carbonyl (C=O) groups excluding carboxylic acids is 2. The van der Waals surface area contributed by atoms with Gasteiger partial charge in [-0.3, -0.25) is 9.59 Å². The van der Waals surface area contributed by atoms with E-state index in [-0.39, 0.29) is 11.8 Å². The molecule has 0 unspecified atom stereocenters. The summed E-state index contributed by atoms with van der Waals surface area (Å²) in [5.41, 5.74) is 5.91. The van der Waals surface area contributed by atoms with Crippen LogP contribution in [0.25, 0.3) is 5.57 Å². The van der Waals surface area contributed by atoms with Crippen LogP contribution < -0.4 is 4.90 Å². The summed E-state index contributed by atoms with van der Waals surface area (Å²) in [7, 11) is 0. The molecule has 0 spiro atoms. The molecule has 5 rings (SSSR count). The fourth-order valence-corrected chi connectivity index (χ4v) is 4.36. The number of benzene rings is 3. The van der Waals surface area contributed by atoms with E-state index >= 15 is 0 Å². The number of rotatable bonds is 3. The van der Waals surface area contributed by atoms with Gasteiger partial charge in [0, 0.05) is 13.1 Å². The van der Waals surface area contributed by atoms with Crippen LogP contribution in [-0.4, -0.2) is 23.3 Å². The molecule has 0 N–H and O–H groups in total. The van der Waals surface area contributed by atoms with Gasteiger partial charge in [0.25, 0.3) is 11.8 Å². The second-order valence-corrected chi connectivity index (χ2v) is 7.81. The minimum atomic E-state index is -0.259. The topological polar surface area (TPSA) is 40.6 Å². The zero-order chi connectivity index (χ0) is 20.7. The molecule has 0 atom stereocenters. The number of carbonyl (C=O) groups is 2. The average Bonchev–Trinajstić information content (AvgIpc) is 3.04. The fourth-order valence-electron chi connectivity index (χ4n) is 4.36. The lowest BCUT2D eigenvalue weighted by Crippen LogP contribution is -2.37. The van der Waals surface area contributed by atoms with E-state index in [0.717, 1.165) is 17.5 Å². The maximum atomic E-state index is 13.6. The zero-order valence-corrected chi connectivity index (χ0v) is 16.8. The number of hydrogen-bond acceptors (Lipinski definition) is 3. The van der Waals surface area contributed by atoms with Gasteiger partial charge in [0.15, 0.2) is 0 Å². The Hall–Kier alpha value is -3.66. The van der Waals surface area contributed by atoms with E-state index in [1.54, 1.807) is 0 Å². The van der Waals surface area contributed by atoms with Crippen molar-refractivity contribution in [1.29, 1.82) is 0 Å². The number of fused-ring (bicyclic) bond motifs is 1. The SMILES string of the molecule is Cc1cccc(N2C(=O)C(c3ccccc3)=C(N3CCc4ccccc4C3)C2=O)c1. The van der Waals surface area contributed by atoms with Crippen LogP contribution in [0.5, 0.6) is 0 Å². The molecule has 2 aliphatic heterocycles. The predicted molar refractivity (Wildman–Crippen MR) is 118 cm³/mol. The quantitative estimate of drug-likeness (QED) is 0.621. The van der Waals surface area contributed by atoms with Gasteiger partial charge in [0.2, 0.25) is 0 Å². The molecule has 3 aromatic rings. The molecular formula is C26H22N2O2. The Balaban J connectivity index is 1.62. The summed E-state index contributed by atoms with van der Waals surface area (Å²) in [6.45, 7) is 3.30. The Morgan fingerprint density at radius 3 is 2.27 bits per heavy atom. The van der Waals surface area contributed by atoms with Crippen LogP contribution in [0.1, 0.15) is 22.3 Å². The Bertz CT molecular complexity index is 1180. The van der Waals surface area contributed by atoms with Crippen LogP contribution in [0.15, 0.2) is 84.6 Å². The second kappa shape index (κ2) is 7.30. The molecule has 0 bridgehead atoms. The van der Waals surface area contributed by atoms with E-state index in [2.05, 4.69) is 17.0 Å². The van der Waals surface area contributed by atoms with Crippen molar-refractivity contribution < 1.29 is 9.59 Å². The molecular weight excluding hydrogens is 372 g/mol. The van der Waals surface area contributed by atoms with Gasteiger partial charge in [0.05, 0.1) is 11.3 Å². The number of amides is 2. The van der Waals surface area contributed by atoms with Gasteiger partial charge in [0.1, 0.15) is 5.70 Å². The summed E-state index contributed by atoms with van der Waals surface area (Å²) in [6, 6.07) is 25.4. The molecule has 4 nitrogen and oxygen atoms in total. The first-order chi connectivity index (χ1) is 14.6. The summed E-state index contributed by atoms with van der Waals surface area (Å²) in [6.07, 6.45) is 0.855. The molecule has 2 amide bonds. The van der Waals surface area contributed by atoms with E-state index < -0.39 is 0 Å². The molecule has 0 radical (unpaired) electrons. The van der Waals surface area contributed by atoms with Gasteiger partial charge in [-0.2, -0.15) is 0 Å². The van der Waals surface area contributed by atoms with E-state index in [1.165, 1.54) is 16.0 Å². The van der Waals surface area contributed by atoms with E-state index in [0.29, 0.717) is 30.0 Å². The van der Waals surface area contributed by atoms with Crippen molar-refractivity contribution in [3.05, 3.63) is 107 Å². The van der Waals surface area contributed by atoms with Gasteiger partial charge < -0.3 is 4.90 Å². The molecule has 2 aliphatic rings. The predicted octanol–water partition coefficient (Wildman–Crippen LogP) is 4.34. The molecule has 0 saturated heterocycles. The smallest absolute Gasteiger partial charge is 0.282 e. The molecule has 148 valence electrons. The third kappa shape index (κ3) is 3.01. The van der Waals surface area contributed by atoms with E-state index in [4.69, 9.17) is 0 Å². The summed E-state index contributed by atoms with van der Waals surface area (Å²) in [5, 5.41) is 0. The lowest BCUT2D eigenvalue weighted by Gasteiger charge is -2.31. The van der Waals surface area contributed by atoms with E-state index in [9.17, 15) is 9.59 Å². The highest BCUT2D eigenvalue weighted by molar-refractivity contribution is 6.45. The van der Waals surface area contributed by atoms with Gasteiger partial charge in [-0.1, -0.05) is 66.7 Å². The highest BCUT2D eigenvalue weighted by atomic mass is 16.2. The Morgan fingerprint density at radius 2 is 1.50 bits per heavy atom. The van der Waals surface area contributed by atoms with Crippen molar-refractivity contribution in [2.75, 3.05) is 11.4 Å². The maximum absolute atomic E-state index is 13.6. The summed E-state index contributed by atoms with van der Waals surface area (Å²) < 4.78 is 0. The third-order valence-corrected chi connectivity index (χ3v) is 5.83. The molecule has 4 heteroatoms. The number of imide groups is 1. The zero-order valence-electron chi connectivity index (χ0n) is 16.8. The van der Waals surface area contributed by atoms with Gasteiger partial charge in [-0.05, 0) is 47.7 Å². The van der Waals surface area contributed by atoms with Crippen LogP contribution in [0.2, 0.25) is 0 Å². The monoisotopic (exact) mass is 394 g/mol. The van der Waals surface area contributed by atoms with Crippen molar-refractivity contribution in [2.24, 2.45) is 0 Å². The van der Waals surface area contributed by atoms with Crippen LogP contribution in [0.4, 0.5) is 5.69 Å². The first-order valence-electron chi connectivity index (χ1n) is 10.2. The van der Waals surface area contributed by atoms with Gasteiger partial charge >= 0.3 is 0 Å². The maximum Gasteiger partial charge on any atom is 0.282 e. The first-order valence-corrected chi connectivity index (χ1v) is 10.2. The Labute approximate surface area is 176 Å². The molecule has 0 aromatic heterocycles. The Kier molecular flexibility index (Phi) is 4.47. The van der Waals surface area contributed by atoms with Crippen molar-refractivity contribution in [2.45, 2.75) is 19.9 Å². The summed E-state index contributed by atoms with van der Waals surface area (Å²) in [5.74, 6) is -0.505. The lowest BCUT2D eigenvalue weighted by atomic mass is 9.98. The summed E-state index contributed by atoms with van der Waals surface area (Å²) in [4.78, 5) is 30.6. The molecule has 3 aromatic carbocycles. The van der Waals surface area contributed by atoms with Crippen LogP contribution >= 0.6 is 0 Å². The number of aryl methyl sites for hydroxylation is 1. The largest absolute Gasteiger partial charge is 0.362 e. The molecule has 2 heterocycles. The van der Waals surface area contributed by atoms with Crippen molar-refractivity contribution in [3.63, 3.8) is 0 Å². The average molecular weight is 394 g/mol. The first kappa shape index (κ1) is 18.4. The van der Waals surface area contributed by atoms with Crippen molar-refractivity contribution in [3.8, 4) is 0 Å². The minimum Gasteiger partial charge on any atom is -0.362 e. The molecule has 0 aliphatic carbocycles. The fraction of sp³-hybridized carbons (Fsp3) is 0.154. The summed E-state index contributed by atoms with van der Waals surface area (Å²) >= 11 is 0. The second-order valence-electron chi connectivity index (χ2n) is 7.81. The van der Waals surface area contributed by atoms with Crippen LogP contribution in [-0.2, 0) is 22.6 Å². The number of anilines is 1. The Morgan fingerprint density at radius 1 is 0.767 bits per heavy atom. The normalized spacial score (nSPS) is 16.3. The molecule has 30 heavy (non-hydrogen) atoms. The van der Waals surface area contributed by atoms with Crippen molar-refractivity contribution in [1.82, 2.24) is 4.90 Å². The minimum absolute atomic E-state index is 0.246. The van der Waals surface area contributed by atoms with E-state index in [1.807, 2.05) is 73.7 Å². The molecule has 0 saturated carbocycles. The highest BCUT2D eigenvalue weighted by Crippen LogP contribution is 2.36. The van der Waals surface area contributed by atoms with Gasteiger partial charge in [-0.15, -0.1) is 0 Å². The van der Waals surface area contributed by atoms with Crippen LogP contribution in [0.3, 0.4) is 0 Å². The van der Waals surface area contributed by atoms with Gasteiger partial charge in [-0.25, -0.2) is 4.90 Å². The molecule has 0 fully saturated rings. The van der Waals surface area contributed by atoms with Crippen molar-refractivity contribution >= 4 is 23.1 Å². The third-order valence-electron chi connectivity index (χ3n) is 5.83. The number of nitrogens with zero attached hydrogens (tertiary/aromatic N) is 2. The lowest BCUT2D eigenvalue weighted by molar-refractivity contribution is -0.120. The van der Waals surface area contributed by atoms with Crippen LogP contribution in [0, 0.1) is 6.92 Å². The highest BCUT2D eigenvalue weighted by Gasteiger charge is 2.43. The standard InChI is InChI=1S/C26H22N2O2/c1-18-8-7-13-22(16-18)28-25(29)23(20-10-3-2-4-11-20)24(26(28)30)27-15-14-19-9-5-6-12-21(19)17-27/h2-13,16H,14-15,17H2,1H3. The number of hydrogen-bond donors (Lipinski definition) is 0.